The zero-order valence-electron chi connectivity index (χ0n) is 10.9. The Labute approximate surface area is 132 Å². The van der Waals surface area contributed by atoms with Crippen molar-refractivity contribution in [3.63, 3.8) is 0 Å². The third-order valence-electron chi connectivity index (χ3n) is 3.14. The van der Waals surface area contributed by atoms with Gasteiger partial charge < -0.3 is 5.21 Å². The first-order valence-electron chi connectivity index (χ1n) is 6.15. The highest BCUT2D eigenvalue weighted by Crippen LogP contribution is 2.34. The number of thiophene rings is 1. The molecule has 114 valence electrons. The van der Waals surface area contributed by atoms with E-state index in [2.05, 4.69) is 4.98 Å². The molecule has 0 amide bonds. The molecule has 0 atom stereocenters. The van der Waals surface area contributed by atoms with Crippen LogP contribution >= 0.6 is 22.9 Å². The van der Waals surface area contributed by atoms with Gasteiger partial charge in [-0.15, -0.1) is 22.9 Å². The molecule has 0 radical (unpaired) electrons. The van der Waals surface area contributed by atoms with Crippen LogP contribution in [0.25, 0.3) is 21.5 Å². The van der Waals surface area contributed by atoms with Gasteiger partial charge in [-0.2, -0.15) is 13.2 Å². The Morgan fingerprint density at radius 1 is 1.27 bits per heavy atom. The molecule has 0 aliphatic heterocycles. The van der Waals surface area contributed by atoms with Crippen LogP contribution in [0.15, 0.2) is 35.7 Å². The van der Waals surface area contributed by atoms with E-state index >= 15 is 0 Å². The van der Waals surface area contributed by atoms with Crippen molar-refractivity contribution in [2.75, 3.05) is 0 Å². The normalized spacial score (nSPS) is 12.0. The van der Waals surface area contributed by atoms with Crippen molar-refractivity contribution < 1.29 is 17.9 Å². The molecular weight excluding hydrogens is 337 g/mol. The Balaban J connectivity index is 2.39. The summed E-state index contributed by atoms with van der Waals surface area (Å²) < 4.78 is 39.2. The molecular formula is C14H8ClF3N2OS. The van der Waals surface area contributed by atoms with E-state index < -0.39 is 11.7 Å². The third-order valence-corrected chi connectivity index (χ3v) is 4.26. The second-order valence-electron chi connectivity index (χ2n) is 4.51. The van der Waals surface area contributed by atoms with Crippen molar-refractivity contribution in [1.82, 2.24) is 4.98 Å². The summed E-state index contributed by atoms with van der Waals surface area (Å²) in [6.07, 6.45) is -4.49. The first kappa shape index (κ1) is 15.1. The van der Waals surface area contributed by atoms with Crippen LogP contribution < -0.4 is 4.73 Å². The molecule has 3 rings (SSSR count). The van der Waals surface area contributed by atoms with Gasteiger partial charge in [0.15, 0.2) is 11.2 Å². The molecule has 0 aliphatic rings. The maximum atomic E-state index is 12.9. The molecule has 0 saturated carbocycles. The van der Waals surface area contributed by atoms with E-state index in [4.69, 9.17) is 11.6 Å². The van der Waals surface area contributed by atoms with Crippen molar-refractivity contribution in [1.29, 1.82) is 0 Å². The maximum Gasteiger partial charge on any atom is 0.416 e. The van der Waals surface area contributed by atoms with Gasteiger partial charge in [0.05, 0.1) is 15.8 Å². The largest absolute Gasteiger partial charge is 0.710 e. The van der Waals surface area contributed by atoms with Crippen LogP contribution in [0.3, 0.4) is 0 Å². The average molecular weight is 345 g/mol. The van der Waals surface area contributed by atoms with E-state index in [9.17, 15) is 18.4 Å². The zero-order chi connectivity index (χ0) is 15.9. The summed E-state index contributed by atoms with van der Waals surface area (Å²) in [4.78, 5) is 4.61. The van der Waals surface area contributed by atoms with E-state index in [0.29, 0.717) is 15.1 Å². The minimum Gasteiger partial charge on any atom is -0.710 e. The number of fused-ring (bicyclic) bond motifs is 1. The SMILES string of the molecule is [O-][n+]1c(CCl)nc2ccc(C(F)(F)F)cc2c1-c1cccs1. The molecule has 2 heterocycles. The predicted octanol–water partition coefficient (Wildman–Crippen LogP) is 4.35. The van der Waals surface area contributed by atoms with Crippen LogP contribution in [0.4, 0.5) is 13.2 Å². The summed E-state index contributed by atoms with van der Waals surface area (Å²) in [7, 11) is 0. The Morgan fingerprint density at radius 2 is 2.05 bits per heavy atom. The average Bonchev–Trinajstić information content (AvgIpc) is 2.98. The van der Waals surface area contributed by atoms with Crippen molar-refractivity contribution in [2.45, 2.75) is 12.1 Å². The number of hydrogen-bond donors (Lipinski definition) is 0. The first-order chi connectivity index (χ1) is 10.4. The van der Waals surface area contributed by atoms with Crippen LogP contribution in [-0.2, 0) is 12.1 Å². The number of aromatic nitrogens is 2. The van der Waals surface area contributed by atoms with Gasteiger partial charge in [-0.05, 0) is 34.6 Å². The minimum absolute atomic E-state index is 0.0531. The zero-order valence-corrected chi connectivity index (χ0v) is 12.5. The molecule has 0 aliphatic carbocycles. The van der Waals surface area contributed by atoms with Crippen LogP contribution in [0.5, 0.6) is 0 Å². The summed E-state index contributed by atoms with van der Waals surface area (Å²) in [6.45, 7) is 0. The Hall–Kier alpha value is -1.86. The molecule has 1 aromatic carbocycles. The Bertz CT molecular complexity index is 834. The van der Waals surface area contributed by atoms with Crippen LogP contribution in [0.2, 0.25) is 0 Å². The van der Waals surface area contributed by atoms with E-state index in [-0.39, 0.29) is 22.8 Å². The lowest BCUT2D eigenvalue weighted by Gasteiger charge is -2.13. The monoisotopic (exact) mass is 344 g/mol. The molecule has 0 fully saturated rings. The Morgan fingerprint density at radius 3 is 2.64 bits per heavy atom. The smallest absolute Gasteiger partial charge is 0.416 e. The van der Waals surface area contributed by atoms with Crippen LogP contribution in [-0.4, -0.2) is 4.98 Å². The van der Waals surface area contributed by atoms with Gasteiger partial charge in [0.1, 0.15) is 5.88 Å². The van der Waals surface area contributed by atoms with E-state index in [1.54, 1.807) is 17.5 Å². The minimum atomic E-state index is -4.49. The molecule has 2 aromatic heterocycles. The van der Waals surface area contributed by atoms with Crippen molar-refractivity contribution in [2.24, 2.45) is 0 Å². The summed E-state index contributed by atoms with van der Waals surface area (Å²) in [5.74, 6) is -0.0731. The molecule has 0 saturated heterocycles. The lowest BCUT2D eigenvalue weighted by Crippen LogP contribution is -2.35. The lowest BCUT2D eigenvalue weighted by atomic mass is 10.1. The van der Waals surface area contributed by atoms with Gasteiger partial charge in [0.25, 0.3) is 0 Å². The van der Waals surface area contributed by atoms with E-state index in [0.717, 1.165) is 12.1 Å². The topological polar surface area (TPSA) is 39.8 Å². The fraction of sp³-hybridized carbons (Fsp3) is 0.143. The van der Waals surface area contributed by atoms with E-state index in [1.165, 1.54) is 17.4 Å². The summed E-state index contributed by atoms with van der Waals surface area (Å²) >= 11 is 6.97. The van der Waals surface area contributed by atoms with Gasteiger partial charge in [0.2, 0.25) is 0 Å². The highest BCUT2D eigenvalue weighted by atomic mass is 35.5. The number of halogens is 4. The molecule has 3 nitrogen and oxygen atoms in total. The molecule has 22 heavy (non-hydrogen) atoms. The molecule has 0 bridgehead atoms. The second kappa shape index (κ2) is 5.40. The predicted molar refractivity (Wildman–Crippen MR) is 78.6 cm³/mol. The highest BCUT2D eigenvalue weighted by Gasteiger charge is 2.32. The van der Waals surface area contributed by atoms with Crippen LogP contribution in [0.1, 0.15) is 11.4 Å². The standard InChI is InChI=1S/C14H8ClF3N2OS/c15-7-12-19-10-4-3-8(14(16,17)18)6-9(10)13(20(12)21)11-2-1-5-22-11/h1-6H,7H2. The fourth-order valence-corrected chi connectivity index (χ4v) is 3.09. The number of alkyl halides is 4. The number of nitrogens with zero attached hydrogens (tertiary/aromatic N) is 2. The number of rotatable bonds is 2. The quantitative estimate of drug-likeness (QED) is 0.394. The van der Waals surface area contributed by atoms with Crippen LogP contribution in [0, 0.1) is 5.21 Å². The summed E-state index contributed by atoms with van der Waals surface area (Å²) in [6, 6.07) is 6.54. The van der Waals surface area contributed by atoms with Crippen molar-refractivity contribution >= 4 is 33.8 Å². The summed E-state index contributed by atoms with van der Waals surface area (Å²) in [5, 5.41) is 14.3. The number of hydrogen-bond acceptors (Lipinski definition) is 3. The molecule has 0 spiro atoms. The molecule has 0 N–H and O–H groups in total. The molecule has 3 aromatic rings. The Kier molecular flexibility index (Phi) is 3.70. The maximum absolute atomic E-state index is 12.9. The van der Waals surface area contributed by atoms with Gasteiger partial charge in [0, 0.05) is 0 Å². The summed E-state index contributed by atoms with van der Waals surface area (Å²) in [5.41, 5.74) is -0.376. The fourth-order valence-electron chi connectivity index (χ4n) is 2.15. The molecule has 0 unspecified atom stereocenters. The lowest BCUT2D eigenvalue weighted by molar-refractivity contribution is -0.603. The second-order valence-corrected chi connectivity index (χ2v) is 5.73. The van der Waals surface area contributed by atoms with Gasteiger partial charge >= 0.3 is 12.0 Å². The van der Waals surface area contributed by atoms with Crippen molar-refractivity contribution in [3.05, 3.63) is 52.3 Å². The number of benzene rings is 1. The van der Waals surface area contributed by atoms with Gasteiger partial charge in [-0.25, -0.2) is 4.73 Å². The molecule has 8 heteroatoms. The third kappa shape index (κ3) is 2.50. The van der Waals surface area contributed by atoms with E-state index in [1.807, 2.05) is 0 Å². The van der Waals surface area contributed by atoms with Gasteiger partial charge in [-0.3, -0.25) is 0 Å². The van der Waals surface area contributed by atoms with Crippen molar-refractivity contribution in [3.8, 4) is 10.6 Å². The highest BCUT2D eigenvalue weighted by molar-refractivity contribution is 7.13. The first-order valence-corrected chi connectivity index (χ1v) is 7.56. The van der Waals surface area contributed by atoms with Gasteiger partial charge in [-0.1, -0.05) is 6.07 Å².